The number of benzene rings is 2. The van der Waals surface area contributed by atoms with Gasteiger partial charge < -0.3 is 19.9 Å². The Labute approximate surface area is 172 Å². The molecule has 0 bridgehead atoms. The van der Waals surface area contributed by atoms with Crippen molar-refractivity contribution in [1.82, 2.24) is 20.2 Å². The highest BCUT2D eigenvalue weighted by molar-refractivity contribution is 5.79. The highest BCUT2D eigenvalue weighted by Gasteiger charge is 2.09. The molecule has 6 heteroatoms. The molecule has 2 N–H and O–H groups in total. The number of rotatable bonds is 8. The molecular formula is C23H29N5O. The average molecular weight is 392 g/mol. The van der Waals surface area contributed by atoms with Crippen LogP contribution < -0.4 is 15.4 Å². The molecule has 1 atom stereocenters. The number of guanidine groups is 1. The summed E-state index contributed by atoms with van der Waals surface area (Å²) in [4.78, 5) is 8.77. The van der Waals surface area contributed by atoms with Gasteiger partial charge in [-0.3, -0.25) is 4.99 Å². The smallest absolute Gasteiger partial charge is 0.191 e. The molecule has 0 saturated heterocycles. The molecule has 0 amide bonds. The third kappa shape index (κ3) is 6.10. The van der Waals surface area contributed by atoms with E-state index in [0.717, 1.165) is 29.6 Å². The van der Waals surface area contributed by atoms with Gasteiger partial charge in [-0.05, 0) is 31.0 Å². The predicted octanol–water partition coefficient (Wildman–Crippen LogP) is 3.37. The van der Waals surface area contributed by atoms with Crippen LogP contribution >= 0.6 is 0 Å². The van der Waals surface area contributed by atoms with Crippen LogP contribution in [0.5, 0.6) is 5.75 Å². The zero-order valence-electron chi connectivity index (χ0n) is 17.3. The van der Waals surface area contributed by atoms with Gasteiger partial charge in [-0.2, -0.15) is 0 Å². The van der Waals surface area contributed by atoms with Crippen molar-refractivity contribution in [3.8, 4) is 5.75 Å². The maximum absolute atomic E-state index is 6.01. The van der Waals surface area contributed by atoms with E-state index >= 15 is 0 Å². The molecule has 1 aromatic heterocycles. The fourth-order valence-electron chi connectivity index (χ4n) is 3.00. The zero-order chi connectivity index (χ0) is 20.5. The Morgan fingerprint density at radius 3 is 2.62 bits per heavy atom. The number of para-hydroxylation sites is 1. The van der Waals surface area contributed by atoms with Crippen molar-refractivity contribution in [2.75, 3.05) is 13.6 Å². The lowest BCUT2D eigenvalue weighted by Crippen LogP contribution is -2.41. The summed E-state index contributed by atoms with van der Waals surface area (Å²) >= 11 is 0. The Bertz CT molecular complexity index is 920. The highest BCUT2D eigenvalue weighted by atomic mass is 16.5. The van der Waals surface area contributed by atoms with Gasteiger partial charge in [0.2, 0.25) is 0 Å². The van der Waals surface area contributed by atoms with Crippen LogP contribution in [0, 0.1) is 6.92 Å². The van der Waals surface area contributed by atoms with E-state index in [1.807, 2.05) is 56.6 Å². The lowest BCUT2D eigenvalue weighted by Gasteiger charge is -2.19. The van der Waals surface area contributed by atoms with E-state index in [1.165, 1.54) is 5.56 Å². The molecule has 0 aliphatic heterocycles. The maximum atomic E-state index is 6.01. The highest BCUT2D eigenvalue weighted by Crippen LogP contribution is 2.17. The van der Waals surface area contributed by atoms with Gasteiger partial charge in [-0.15, -0.1) is 0 Å². The molecule has 29 heavy (non-hydrogen) atoms. The molecule has 0 aliphatic carbocycles. The number of aromatic nitrogens is 2. The van der Waals surface area contributed by atoms with Crippen molar-refractivity contribution < 1.29 is 4.74 Å². The quantitative estimate of drug-likeness (QED) is 0.456. The van der Waals surface area contributed by atoms with Crippen LogP contribution in [-0.4, -0.2) is 35.2 Å². The van der Waals surface area contributed by atoms with E-state index < -0.39 is 0 Å². The minimum Gasteiger partial charge on any atom is -0.489 e. The lowest BCUT2D eigenvalue weighted by molar-refractivity contribution is 0.222. The van der Waals surface area contributed by atoms with Crippen LogP contribution in [0.15, 0.2) is 72.0 Å². The summed E-state index contributed by atoms with van der Waals surface area (Å²) in [5.41, 5.74) is 2.38. The first-order valence-electron chi connectivity index (χ1n) is 9.86. The SMILES string of the molecule is CN=C(NCc1nccn1Cc1ccccc1)NCC(C)Oc1ccccc1C. The van der Waals surface area contributed by atoms with Crippen LogP contribution in [0.25, 0.3) is 0 Å². The minimum atomic E-state index is 0.00900. The van der Waals surface area contributed by atoms with Gasteiger partial charge in [0.25, 0.3) is 0 Å². The van der Waals surface area contributed by atoms with Gasteiger partial charge in [0.1, 0.15) is 17.7 Å². The van der Waals surface area contributed by atoms with Gasteiger partial charge in [-0.25, -0.2) is 4.98 Å². The van der Waals surface area contributed by atoms with Crippen molar-refractivity contribution in [3.63, 3.8) is 0 Å². The van der Waals surface area contributed by atoms with Gasteiger partial charge >= 0.3 is 0 Å². The number of hydrogen-bond donors (Lipinski definition) is 2. The number of aliphatic imine (C=N–C) groups is 1. The topological polar surface area (TPSA) is 63.5 Å². The molecular weight excluding hydrogens is 362 g/mol. The van der Waals surface area contributed by atoms with Gasteiger partial charge in [0, 0.05) is 26.0 Å². The number of nitrogens with zero attached hydrogens (tertiary/aromatic N) is 3. The molecule has 152 valence electrons. The number of nitrogens with one attached hydrogen (secondary N) is 2. The fourth-order valence-corrected chi connectivity index (χ4v) is 3.00. The average Bonchev–Trinajstić information content (AvgIpc) is 3.17. The molecule has 0 saturated carbocycles. The molecule has 0 aliphatic rings. The third-order valence-electron chi connectivity index (χ3n) is 4.61. The van der Waals surface area contributed by atoms with E-state index in [9.17, 15) is 0 Å². The third-order valence-corrected chi connectivity index (χ3v) is 4.61. The van der Waals surface area contributed by atoms with Crippen molar-refractivity contribution in [1.29, 1.82) is 0 Å². The monoisotopic (exact) mass is 391 g/mol. The standard InChI is InChI=1S/C23H29N5O/c1-18-9-7-8-12-21(18)29-19(2)15-26-23(24-3)27-16-22-25-13-14-28(22)17-20-10-5-4-6-11-20/h4-14,19H,15-17H2,1-3H3,(H2,24,26,27). The summed E-state index contributed by atoms with van der Waals surface area (Å²) in [5, 5.41) is 6.65. The molecule has 3 aromatic rings. The van der Waals surface area contributed by atoms with Gasteiger partial charge in [0.15, 0.2) is 5.96 Å². The van der Waals surface area contributed by atoms with Gasteiger partial charge in [0.05, 0.1) is 13.1 Å². The number of ether oxygens (including phenoxy) is 1. The maximum Gasteiger partial charge on any atom is 0.191 e. The first-order valence-corrected chi connectivity index (χ1v) is 9.86. The van der Waals surface area contributed by atoms with Crippen LogP contribution in [-0.2, 0) is 13.1 Å². The summed E-state index contributed by atoms with van der Waals surface area (Å²) in [5.74, 6) is 2.59. The minimum absolute atomic E-state index is 0.00900. The Hall–Kier alpha value is -3.28. The molecule has 0 spiro atoms. The molecule has 3 rings (SSSR count). The number of aryl methyl sites for hydroxylation is 1. The largest absolute Gasteiger partial charge is 0.489 e. The predicted molar refractivity (Wildman–Crippen MR) is 117 cm³/mol. The number of imidazole rings is 1. The van der Waals surface area contributed by atoms with E-state index in [2.05, 4.69) is 49.4 Å². The summed E-state index contributed by atoms with van der Waals surface area (Å²) in [7, 11) is 1.76. The summed E-state index contributed by atoms with van der Waals surface area (Å²) in [6.45, 7) is 6.12. The number of hydrogen-bond acceptors (Lipinski definition) is 3. The summed E-state index contributed by atoms with van der Waals surface area (Å²) in [6, 6.07) is 18.4. The second-order valence-corrected chi connectivity index (χ2v) is 6.96. The van der Waals surface area contributed by atoms with E-state index in [0.29, 0.717) is 13.1 Å². The van der Waals surface area contributed by atoms with E-state index in [-0.39, 0.29) is 6.10 Å². The summed E-state index contributed by atoms with van der Waals surface area (Å²) in [6.07, 6.45) is 3.83. The Balaban J connectivity index is 1.49. The summed E-state index contributed by atoms with van der Waals surface area (Å²) < 4.78 is 8.15. The van der Waals surface area contributed by atoms with Crippen molar-refractivity contribution in [3.05, 3.63) is 83.9 Å². The van der Waals surface area contributed by atoms with Crippen LogP contribution in [0.1, 0.15) is 23.9 Å². The van der Waals surface area contributed by atoms with Crippen molar-refractivity contribution in [2.45, 2.75) is 33.0 Å². The molecule has 1 unspecified atom stereocenters. The normalized spacial score (nSPS) is 12.4. The zero-order valence-corrected chi connectivity index (χ0v) is 17.3. The Morgan fingerprint density at radius 1 is 1.10 bits per heavy atom. The lowest BCUT2D eigenvalue weighted by atomic mass is 10.2. The molecule has 1 heterocycles. The van der Waals surface area contributed by atoms with Gasteiger partial charge in [-0.1, -0.05) is 48.5 Å². The Kier molecular flexibility index (Phi) is 7.28. The van der Waals surface area contributed by atoms with Crippen LogP contribution in [0.3, 0.4) is 0 Å². The van der Waals surface area contributed by atoms with E-state index in [1.54, 1.807) is 7.05 Å². The molecule has 2 aromatic carbocycles. The molecule has 0 fully saturated rings. The first-order chi connectivity index (χ1) is 14.2. The second kappa shape index (κ2) is 10.3. The van der Waals surface area contributed by atoms with Crippen molar-refractivity contribution in [2.24, 2.45) is 4.99 Å². The van der Waals surface area contributed by atoms with Crippen LogP contribution in [0.2, 0.25) is 0 Å². The fraction of sp³-hybridized carbons (Fsp3) is 0.304. The Morgan fingerprint density at radius 2 is 1.86 bits per heavy atom. The molecule has 0 radical (unpaired) electrons. The molecule has 6 nitrogen and oxygen atoms in total. The van der Waals surface area contributed by atoms with E-state index in [4.69, 9.17) is 4.74 Å². The van der Waals surface area contributed by atoms with Crippen LogP contribution in [0.4, 0.5) is 0 Å². The van der Waals surface area contributed by atoms with Crippen molar-refractivity contribution >= 4 is 5.96 Å². The second-order valence-electron chi connectivity index (χ2n) is 6.96. The first kappa shape index (κ1) is 20.5.